The van der Waals surface area contributed by atoms with Crippen molar-refractivity contribution in [2.45, 2.75) is 46.6 Å². The molecule has 0 atom stereocenters. The lowest BCUT2D eigenvalue weighted by atomic mass is 9.98. The molecule has 0 saturated heterocycles. The van der Waals surface area contributed by atoms with Crippen LogP contribution in [0, 0.1) is 19.1 Å². The number of aromatic nitrogens is 8. The SMILES string of the molecule is CCCCc1nc2cc(-c3cc(C)cc[n+]3[O-])c(C)nc2n1Cc1ccc(-c2ccccc2-c2nnn[nH]2)cc1. The van der Waals surface area contributed by atoms with E-state index in [1.807, 2.05) is 50.2 Å². The Morgan fingerprint density at radius 2 is 1.73 bits per heavy atom. The van der Waals surface area contributed by atoms with E-state index in [0.29, 0.717) is 18.1 Å². The summed E-state index contributed by atoms with van der Waals surface area (Å²) in [6, 6.07) is 22.3. The number of hydrogen-bond donors (Lipinski definition) is 1. The van der Waals surface area contributed by atoms with Crippen LogP contribution in [0.3, 0.4) is 0 Å². The number of H-pyrrole nitrogens is 1. The van der Waals surface area contributed by atoms with Crippen molar-refractivity contribution in [3.05, 3.63) is 101 Å². The molecule has 6 aromatic rings. The Hall–Kier alpha value is -4.92. The summed E-state index contributed by atoms with van der Waals surface area (Å²) in [6.07, 6.45) is 4.53. The predicted octanol–water partition coefficient (Wildman–Crippen LogP) is 5.59. The molecule has 0 saturated carbocycles. The van der Waals surface area contributed by atoms with Crippen molar-refractivity contribution < 1.29 is 4.73 Å². The fourth-order valence-electron chi connectivity index (χ4n) is 5.11. The second-order valence-electron chi connectivity index (χ2n) is 10.1. The van der Waals surface area contributed by atoms with Gasteiger partial charge in [0.15, 0.2) is 17.7 Å². The van der Waals surface area contributed by atoms with Gasteiger partial charge in [0.25, 0.3) is 0 Å². The van der Waals surface area contributed by atoms with Crippen molar-refractivity contribution in [2.75, 3.05) is 0 Å². The molecule has 200 valence electrons. The highest BCUT2D eigenvalue weighted by Crippen LogP contribution is 2.31. The summed E-state index contributed by atoms with van der Waals surface area (Å²) in [5, 5.41) is 27.0. The zero-order valence-corrected chi connectivity index (χ0v) is 22.8. The summed E-state index contributed by atoms with van der Waals surface area (Å²) in [5.74, 6) is 1.64. The first kappa shape index (κ1) is 25.4. The van der Waals surface area contributed by atoms with Crippen molar-refractivity contribution in [2.24, 2.45) is 0 Å². The smallest absolute Gasteiger partial charge is 0.225 e. The molecule has 0 aliphatic rings. The maximum absolute atomic E-state index is 12.6. The van der Waals surface area contributed by atoms with Crippen LogP contribution >= 0.6 is 0 Å². The fraction of sp³-hybridized carbons (Fsp3) is 0.226. The first-order valence-electron chi connectivity index (χ1n) is 13.5. The molecule has 2 aromatic carbocycles. The lowest BCUT2D eigenvalue weighted by Gasteiger charge is -2.12. The van der Waals surface area contributed by atoms with Crippen LogP contribution in [0.1, 0.15) is 42.4 Å². The van der Waals surface area contributed by atoms with Crippen LogP contribution < -0.4 is 4.73 Å². The van der Waals surface area contributed by atoms with Crippen LogP contribution in [0.15, 0.2) is 72.9 Å². The molecule has 0 amide bonds. The number of nitrogens with zero attached hydrogens (tertiary/aromatic N) is 7. The van der Waals surface area contributed by atoms with Crippen LogP contribution in [0.25, 0.3) is 44.9 Å². The van der Waals surface area contributed by atoms with Gasteiger partial charge in [-0.15, -0.1) is 5.10 Å². The third-order valence-corrected chi connectivity index (χ3v) is 7.23. The average molecular weight is 531 g/mol. The number of hydrogen-bond acceptors (Lipinski definition) is 6. The number of imidazole rings is 1. The summed E-state index contributed by atoms with van der Waals surface area (Å²) < 4.78 is 3.11. The molecule has 0 bridgehead atoms. The molecule has 0 aliphatic heterocycles. The molecule has 6 rings (SSSR count). The van der Waals surface area contributed by atoms with Crippen LogP contribution in [0.4, 0.5) is 0 Å². The predicted molar refractivity (Wildman–Crippen MR) is 154 cm³/mol. The number of rotatable bonds is 8. The molecule has 0 radical (unpaired) electrons. The highest BCUT2D eigenvalue weighted by molar-refractivity contribution is 5.81. The number of nitrogens with one attached hydrogen (secondary N) is 1. The fourth-order valence-corrected chi connectivity index (χ4v) is 5.11. The number of aromatic amines is 1. The number of tetrazole rings is 1. The first-order valence-corrected chi connectivity index (χ1v) is 13.5. The summed E-state index contributed by atoms with van der Waals surface area (Å²) in [6.45, 7) is 6.78. The molecule has 0 unspecified atom stereocenters. The van der Waals surface area contributed by atoms with Gasteiger partial charge in [-0.25, -0.2) is 15.1 Å². The van der Waals surface area contributed by atoms with Crippen LogP contribution in [0.2, 0.25) is 0 Å². The van der Waals surface area contributed by atoms with Crippen molar-refractivity contribution in [3.8, 4) is 33.8 Å². The Balaban J connectivity index is 1.37. The summed E-state index contributed by atoms with van der Waals surface area (Å²) in [7, 11) is 0. The molecule has 0 fully saturated rings. The maximum Gasteiger partial charge on any atom is 0.225 e. The molecule has 0 spiro atoms. The van der Waals surface area contributed by atoms with Gasteiger partial charge in [0.1, 0.15) is 11.3 Å². The van der Waals surface area contributed by atoms with E-state index < -0.39 is 0 Å². The van der Waals surface area contributed by atoms with Crippen molar-refractivity contribution in [1.29, 1.82) is 0 Å². The minimum Gasteiger partial charge on any atom is -0.618 e. The van der Waals surface area contributed by atoms with Crippen molar-refractivity contribution >= 4 is 11.2 Å². The minimum absolute atomic E-state index is 0.591. The number of pyridine rings is 2. The Bertz CT molecular complexity index is 1790. The third-order valence-electron chi connectivity index (χ3n) is 7.23. The zero-order valence-electron chi connectivity index (χ0n) is 22.8. The van der Waals surface area contributed by atoms with Gasteiger partial charge in [-0.2, -0.15) is 4.73 Å². The molecule has 9 heteroatoms. The summed E-state index contributed by atoms with van der Waals surface area (Å²) >= 11 is 0. The Kier molecular flexibility index (Phi) is 6.77. The molecule has 0 aliphatic carbocycles. The Morgan fingerprint density at radius 1 is 0.925 bits per heavy atom. The van der Waals surface area contributed by atoms with Crippen molar-refractivity contribution in [3.63, 3.8) is 0 Å². The summed E-state index contributed by atoms with van der Waals surface area (Å²) in [4.78, 5) is 9.98. The highest BCUT2D eigenvalue weighted by atomic mass is 16.5. The lowest BCUT2D eigenvalue weighted by molar-refractivity contribution is -0.593. The topological polar surface area (TPSA) is 112 Å². The van der Waals surface area contributed by atoms with Crippen LogP contribution in [-0.4, -0.2) is 35.2 Å². The molecular formula is C31H30N8O. The monoisotopic (exact) mass is 530 g/mol. The van der Waals surface area contributed by atoms with Crippen molar-refractivity contribution in [1.82, 2.24) is 35.2 Å². The lowest BCUT2D eigenvalue weighted by Crippen LogP contribution is -2.28. The van der Waals surface area contributed by atoms with Gasteiger partial charge in [0.05, 0.1) is 17.8 Å². The molecule has 40 heavy (non-hydrogen) atoms. The number of unbranched alkanes of at least 4 members (excludes halogenated alkanes) is 1. The Labute approximate surface area is 232 Å². The van der Waals surface area contributed by atoms with E-state index in [-0.39, 0.29) is 0 Å². The van der Waals surface area contributed by atoms with Crippen LogP contribution in [0.5, 0.6) is 0 Å². The molecular weight excluding hydrogens is 500 g/mol. The van der Waals surface area contributed by atoms with Gasteiger partial charge in [0, 0.05) is 24.1 Å². The third kappa shape index (κ3) is 4.82. The second-order valence-corrected chi connectivity index (χ2v) is 10.1. The maximum atomic E-state index is 12.6. The van der Waals surface area contributed by atoms with Gasteiger partial charge >= 0.3 is 0 Å². The Morgan fingerprint density at radius 3 is 2.48 bits per heavy atom. The van der Waals surface area contributed by atoms with Gasteiger partial charge in [-0.1, -0.05) is 61.9 Å². The number of benzene rings is 2. The van der Waals surface area contributed by atoms with Gasteiger partial charge in [-0.05, 0) is 59.0 Å². The van der Waals surface area contributed by atoms with Gasteiger partial charge in [-0.3, -0.25) is 0 Å². The van der Waals surface area contributed by atoms with E-state index >= 15 is 0 Å². The van der Waals surface area contributed by atoms with E-state index in [1.165, 1.54) is 0 Å². The molecule has 4 heterocycles. The van der Waals surface area contributed by atoms with Crippen LogP contribution in [-0.2, 0) is 13.0 Å². The normalized spacial score (nSPS) is 11.4. The quantitative estimate of drug-likeness (QED) is 0.203. The zero-order chi connectivity index (χ0) is 27.6. The summed E-state index contributed by atoms with van der Waals surface area (Å²) in [5.41, 5.74) is 9.12. The molecule has 9 nitrogen and oxygen atoms in total. The highest BCUT2D eigenvalue weighted by Gasteiger charge is 2.19. The van der Waals surface area contributed by atoms with E-state index in [2.05, 4.69) is 62.4 Å². The van der Waals surface area contributed by atoms with E-state index in [4.69, 9.17) is 9.97 Å². The van der Waals surface area contributed by atoms with E-state index in [1.54, 1.807) is 6.20 Å². The van der Waals surface area contributed by atoms with Gasteiger partial charge in [0.2, 0.25) is 5.69 Å². The van der Waals surface area contributed by atoms with E-state index in [0.717, 1.165) is 80.1 Å². The molecule has 1 N–H and O–H groups in total. The largest absolute Gasteiger partial charge is 0.618 e. The van der Waals surface area contributed by atoms with E-state index in [9.17, 15) is 5.21 Å². The standard InChI is InChI=1S/C31H30N8O/c1-4-5-10-29-33-27-18-26(28-17-20(2)15-16-39(28)40)21(3)32-31(27)38(29)19-22-11-13-23(14-12-22)24-8-6-7-9-25(24)30-34-36-37-35-30/h6-9,11-18H,4-5,10,19H2,1-3H3,(H,34,35,36,37). The number of aryl methyl sites for hydroxylation is 3. The number of fused-ring (bicyclic) bond motifs is 1. The molecule has 4 aromatic heterocycles. The minimum atomic E-state index is 0.591. The van der Waals surface area contributed by atoms with Gasteiger partial charge < -0.3 is 9.77 Å². The first-order chi connectivity index (χ1) is 19.5. The second kappa shape index (κ2) is 10.7. The average Bonchev–Trinajstić information content (AvgIpc) is 3.62.